The summed E-state index contributed by atoms with van der Waals surface area (Å²) >= 11 is 0. The van der Waals surface area contributed by atoms with Crippen LogP contribution in [0.1, 0.15) is 57.8 Å². The Morgan fingerprint density at radius 2 is 1.87 bits per heavy atom. The van der Waals surface area contributed by atoms with Gasteiger partial charge in [-0.1, -0.05) is 12.8 Å². The minimum Gasteiger partial charge on any atom is -0.462 e. The molecule has 2 N–H and O–H groups in total. The summed E-state index contributed by atoms with van der Waals surface area (Å²) in [6.45, 7) is 0.720. The molecule has 0 amide bonds. The molecule has 1 saturated carbocycles. The monoisotopic (exact) mass is 213 g/mol. The van der Waals surface area contributed by atoms with Crippen molar-refractivity contribution in [2.75, 3.05) is 6.54 Å². The Balaban J connectivity index is 2.01. The van der Waals surface area contributed by atoms with Crippen LogP contribution in [0.25, 0.3) is 0 Å². The molecule has 3 nitrogen and oxygen atoms in total. The molecular formula is C12H23NO2. The van der Waals surface area contributed by atoms with E-state index in [1.165, 1.54) is 19.3 Å². The van der Waals surface area contributed by atoms with Crippen LogP contribution < -0.4 is 5.73 Å². The van der Waals surface area contributed by atoms with Gasteiger partial charge in [-0.05, 0) is 45.1 Å². The van der Waals surface area contributed by atoms with Gasteiger partial charge < -0.3 is 10.5 Å². The lowest BCUT2D eigenvalue weighted by atomic mass is 9.98. The third-order valence-corrected chi connectivity index (χ3v) is 2.94. The zero-order chi connectivity index (χ0) is 10.9. The van der Waals surface area contributed by atoms with Crippen molar-refractivity contribution in [2.24, 2.45) is 5.73 Å². The largest absolute Gasteiger partial charge is 0.462 e. The molecule has 0 radical (unpaired) electrons. The van der Waals surface area contributed by atoms with E-state index in [1.807, 2.05) is 0 Å². The van der Waals surface area contributed by atoms with Crippen LogP contribution in [0.5, 0.6) is 0 Å². The predicted octanol–water partition coefficient (Wildman–Crippen LogP) is 2.38. The molecule has 15 heavy (non-hydrogen) atoms. The molecule has 88 valence electrons. The Bertz CT molecular complexity index is 176. The van der Waals surface area contributed by atoms with Gasteiger partial charge in [0.2, 0.25) is 0 Å². The third-order valence-electron chi connectivity index (χ3n) is 2.94. The number of rotatable bonds is 6. The molecule has 3 heteroatoms. The van der Waals surface area contributed by atoms with E-state index in [2.05, 4.69) is 0 Å². The highest BCUT2D eigenvalue weighted by atomic mass is 16.5. The number of carbonyl (C=O) groups excluding carboxylic acids is 1. The van der Waals surface area contributed by atoms with E-state index in [4.69, 9.17) is 10.5 Å². The van der Waals surface area contributed by atoms with Gasteiger partial charge in [-0.3, -0.25) is 4.79 Å². The average Bonchev–Trinajstić information content (AvgIpc) is 2.26. The number of hydrogen-bond donors (Lipinski definition) is 1. The molecule has 0 saturated heterocycles. The highest BCUT2D eigenvalue weighted by Gasteiger charge is 2.16. The van der Waals surface area contributed by atoms with E-state index < -0.39 is 0 Å². The number of esters is 1. The molecule has 1 aliphatic rings. The van der Waals surface area contributed by atoms with Gasteiger partial charge in [-0.2, -0.15) is 0 Å². The van der Waals surface area contributed by atoms with Crippen LogP contribution in [0.4, 0.5) is 0 Å². The summed E-state index contributed by atoms with van der Waals surface area (Å²) in [5, 5.41) is 0. The van der Waals surface area contributed by atoms with Gasteiger partial charge in [-0.15, -0.1) is 0 Å². The predicted molar refractivity (Wildman–Crippen MR) is 60.5 cm³/mol. The summed E-state index contributed by atoms with van der Waals surface area (Å²) in [4.78, 5) is 11.4. The van der Waals surface area contributed by atoms with Crippen molar-refractivity contribution in [1.82, 2.24) is 0 Å². The molecule has 0 bridgehead atoms. The summed E-state index contributed by atoms with van der Waals surface area (Å²) in [7, 11) is 0. The maximum Gasteiger partial charge on any atom is 0.306 e. The van der Waals surface area contributed by atoms with E-state index in [-0.39, 0.29) is 12.1 Å². The molecule has 0 aromatic carbocycles. The normalized spacial score (nSPS) is 17.7. The van der Waals surface area contributed by atoms with Crippen LogP contribution in [0.15, 0.2) is 0 Å². The molecular weight excluding hydrogens is 190 g/mol. The molecule has 0 unspecified atom stereocenters. The topological polar surface area (TPSA) is 52.3 Å². The Labute approximate surface area is 92.4 Å². The highest BCUT2D eigenvalue weighted by molar-refractivity contribution is 5.69. The van der Waals surface area contributed by atoms with Gasteiger partial charge in [0.25, 0.3) is 0 Å². The Hall–Kier alpha value is -0.570. The van der Waals surface area contributed by atoms with Gasteiger partial charge in [0.05, 0.1) is 0 Å². The van der Waals surface area contributed by atoms with Crippen LogP contribution in [-0.4, -0.2) is 18.6 Å². The van der Waals surface area contributed by atoms with Gasteiger partial charge in [0.1, 0.15) is 6.10 Å². The van der Waals surface area contributed by atoms with E-state index >= 15 is 0 Å². The second-order valence-electron chi connectivity index (χ2n) is 4.35. The van der Waals surface area contributed by atoms with Crippen molar-refractivity contribution in [2.45, 2.75) is 63.9 Å². The minimum absolute atomic E-state index is 0.0149. The van der Waals surface area contributed by atoms with Crippen LogP contribution in [0.3, 0.4) is 0 Å². The lowest BCUT2D eigenvalue weighted by Crippen LogP contribution is -2.20. The molecule has 0 spiro atoms. The van der Waals surface area contributed by atoms with Crippen LogP contribution in [-0.2, 0) is 9.53 Å². The molecule has 0 aromatic rings. The second-order valence-corrected chi connectivity index (χ2v) is 4.35. The summed E-state index contributed by atoms with van der Waals surface area (Å²) < 4.78 is 5.40. The first kappa shape index (κ1) is 12.5. The molecule has 0 heterocycles. The van der Waals surface area contributed by atoms with E-state index in [0.717, 1.165) is 38.6 Å². The molecule has 0 aromatic heterocycles. The van der Waals surface area contributed by atoms with Crippen LogP contribution >= 0.6 is 0 Å². The minimum atomic E-state index is -0.0149. The maximum absolute atomic E-state index is 11.4. The first-order valence-electron chi connectivity index (χ1n) is 6.22. The van der Waals surface area contributed by atoms with Gasteiger partial charge in [0.15, 0.2) is 0 Å². The lowest BCUT2D eigenvalue weighted by molar-refractivity contribution is -0.150. The fourth-order valence-corrected chi connectivity index (χ4v) is 2.02. The molecule has 0 atom stereocenters. The number of nitrogens with two attached hydrogens (primary N) is 1. The van der Waals surface area contributed by atoms with Crippen molar-refractivity contribution in [3.63, 3.8) is 0 Å². The molecule has 0 aliphatic heterocycles. The van der Waals surface area contributed by atoms with Gasteiger partial charge in [0, 0.05) is 6.42 Å². The first-order chi connectivity index (χ1) is 7.33. The zero-order valence-electron chi connectivity index (χ0n) is 9.54. The Kier molecular flexibility index (Phi) is 6.41. The zero-order valence-corrected chi connectivity index (χ0v) is 9.54. The first-order valence-corrected chi connectivity index (χ1v) is 6.22. The fraction of sp³-hybridized carbons (Fsp3) is 0.917. The quantitative estimate of drug-likeness (QED) is 0.544. The lowest BCUT2D eigenvalue weighted by Gasteiger charge is -2.21. The van der Waals surface area contributed by atoms with E-state index in [9.17, 15) is 4.79 Å². The Morgan fingerprint density at radius 1 is 1.13 bits per heavy atom. The number of carbonyl (C=O) groups is 1. The van der Waals surface area contributed by atoms with Crippen molar-refractivity contribution in [3.8, 4) is 0 Å². The van der Waals surface area contributed by atoms with Crippen molar-refractivity contribution in [1.29, 1.82) is 0 Å². The SMILES string of the molecule is NCCCCCC(=O)OC1CCCCC1. The highest BCUT2D eigenvalue weighted by Crippen LogP contribution is 2.20. The summed E-state index contributed by atoms with van der Waals surface area (Å²) in [5.74, 6) is -0.0149. The van der Waals surface area contributed by atoms with Crippen molar-refractivity contribution >= 4 is 5.97 Å². The smallest absolute Gasteiger partial charge is 0.306 e. The number of ether oxygens (including phenoxy) is 1. The van der Waals surface area contributed by atoms with Crippen LogP contribution in [0, 0.1) is 0 Å². The molecule has 1 aliphatic carbocycles. The van der Waals surface area contributed by atoms with Crippen molar-refractivity contribution < 1.29 is 9.53 Å². The second kappa shape index (κ2) is 7.69. The summed E-state index contributed by atoms with van der Waals surface area (Å²) in [6.07, 6.45) is 9.59. The third kappa shape index (κ3) is 5.78. The van der Waals surface area contributed by atoms with Crippen molar-refractivity contribution in [3.05, 3.63) is 0 Å². The van der Waals surface area contributed by atoms with Gasteiger partial charge >= 0.3 is 5.97 Å². The Morgan fingerprint density at radius 3 is 2.53 bits per heavy atom. The standard InChI is InChI=1S/C12H23NO2/c13-10-6-2-5-9-12(14)15-11-7-3-1-4-8-11/h11H,1-10,13H2. The number of unbranched alkanes of at least 4 members (excludes halogenated alkanes) is 2. The summed E-state index contributed by atoms with van der Waals surface area (Å²) in [5.41, 5.74) is 5.38. The number of hydrogen-bond acceptors (Lipinski definition) is 3. The van der Waals surface area contributed by atoms with E-state index in [1.54, 1.807) is 0 Å². The fourth-order valence-electron chi connectivity index (χ4n) is 2.02. The maximum atomic E-state index is 11.4. The average molecular weight is 213 g/mol. The van der Waals surface area contributed by atoms with E-state index in [0.29, 0.717) is 6.42 Å². The molecule has 1 rings (SSSR count). The van der Waals surface area contributed by atoms with Gasteiger partial charge in [-0.25, -0.2) is 0 Å². The summed E-state index contributed by atoms with van der Waals surface area (Å²) in [6, 6.07) is 0. The van der Waals surface area contributed by atoms with Crippen LogP contribution in [0.2, 0.25) is 0 Å². The molecule has 1 fully saturated rings.